The van der Waals surface area contributed by atoms with E-state index in [1.165, 1.54) is 27.9 Å². The molecule has 0 fully saturated rings. The number of rotatable bonds is 4. The van der Waals surface area contributed by atoms with Crippen LogP contribution in [0.5, 0.6) is 0 Å². The molecule has 2 heteroatoms. The zero-order valence-corrected chi connectivity index (χ0v) is 15.2. The van der Waals surface area contributed by atoms with Crippen molar-refractivity contribution in [2.75, 3.05) is 0 Å². The van der Waals surface area contributed by atoms with Crippen molar-refractivity contribution >= 4 is 0 Å². The molecule has 0 spiro atoms. The lowest BCUT2D eigenvalue weighted by Crippen LogP contribution is -2.03. The molecule has 0 saturated heterocycles. The largest absolute Gasteiger partial charge is 0.299 e. The van der Waals surface area contributed by atoms with Crippen LogP contribution in [0.25, 0.3) is 17.1 Å². The first-order valence-electron chi connectivity index (χ1n) is 8.95. The normalized spacial score (nSPS) is 10.8. The number of hydrogen-bond donors (Lipinski definition) is 0. The molecule has 0 amide bonds. The third-order valence-electron chi connectivity index (χ3n) is 4.72. The van der Waals surface area contributed by atoms with Gasteiger partial charge in [0.1, 0.15) is 5.82 Å². The summed E-state index contributed by atoms with van der Waals surface area (Å²) in [6, 6.07) is 25.6. The van der Waals surface area contributed by atoms with Gasteiger partial charge in [0.15, 0.2) is 0 Å². The first-order chi connectivity index (χ1) is 12.7. The quantitative estimate of drug-likeness (QED) is 0.463. The van der Waals surface area contributed by atoms with Crippen molar-refractivity contribution < 1.29 is 0 Å². The second kappa shape index (κ2) is 7.01. The van der Waals surface area contributed by atoms with Gasteiger partial charge >= 0.3 is 0 Å². The Morgan fingerprint density at radius 2 is 1.38 bits per heavy atom. The predicted molar refractivity (Wildman–Crippen MR) is 108 cm³/mol. The molecule has 0 saturated carbocycles. The molecule has 0 bridgehead atoms. The first-order valence-corrected chi connectivity index (χ1v) is 8.95. The Kier molecular flexibility index (Phi) is 4.40. The van der Waals surface area contributed by atoms with Crippen LogP contribution in [0.15, 0.2) is 85.2 Å². The number of aryl methyl sites for hydroxylation is 2. The molecule has 4 rings (SSSR count). The van der Waals surface area contributed by atoms with Crippen LogP contribution in [0.1, 0.15) is 22.3 Å². The van der Waals surface area contributed by atoms with Crippen molar-refractivity contribution in [2.24, 2.45) is 0 Å². The maximum atomic E-state index is 4.60. The maximum Gasteiger partial charge on any atom is 0.144 e. The Hall–Kier alpha value is -3.13. The second-order valence-corrected chi connectivity index (χ2v) is 6.73. The van der Waals surface area contributed by atoms with E-state index >= 15 is 0 Å². The minimum absolute atomic E-state index is 0.957. The average molecular weight is 338 g/mol. The molecule has 3 aromatic carbocycles. The van der Waals surface area contributed by atoms with Gasteiger partial charge in [0.25, 0.3) is 0 Å². The van der Waals surface area contributed by atoms with E-state index in [0.29, 0.717) is 0 Å². The molecular weight excluding hydrogens is 316 g/mol. The van der Waals surface area contributed by atoms with Crippen LogP contribution >= 0.6 is 0 Å². The Balaban J connectivity index is 1.74. The summed E-state index contributed by atoms with van der Waals surface area (Å²) in [7, 11) is 0. The molecule has 1 aromatic heterocycles. The summed E-state index contributed by atoms with van der Waals surface area (Å²) in [6.07, 6.45) is 4.88. The first kappa shape index (κ1) is 16.3. The van der Waals surface area contributed by atoms with Gasteiger partial charge < -0.3 is 0 Å². The van der Waals surface area contributed by atoms with Gasteiger partial charge in [0, 0.05) is 18.0 Å². The number of hydrogen-bond acceptors (Lipinski definition) is 1. The van der Waals surface area contributed by atoms with Crippen molar-refractivity contribution in [2.45, 2.75) is 20.3 Å². The van der Waals surface area contributed by atoms with Gasteiger partial charge in [0.05, 0.1) is 5.69 Å². The highest BCUT2D eigenvalue weighted by Crippen LogP contribution is 2.27. The van der Waals surface area contributed by atoms with Crippen molar-refractivity contribution in [1.29, 1.82) is 0 Å². The lowest BCUT2D eigenvalue weighted by molar-refractivity contribution is 1.02. The third kappa shape index (κ3) is 3.18. The molecule has 4 aromatic rings. The summed E-state index contributed by atoms with van der Waals surface area (Å²) >= 11 is 0. The number of aromatic nitrogens is 2. The standard InChI is InChI=1S/C24H22N2/c1-18-15-21(17-20-9-5-3-6-10-20)16-19(2)23(18)26-14-13-25-24(26)22-11-7-4-8-12-22/h3-16H,17H2,1-2H3. The molecule has 0 N–H and O–H groups in total. The molecule has 0 radical (unpaired) electrons. The van der Waals surface area contributed by atoms with Crippen molar-refractivity contribution in [3.05, 3.63) is 107 Å². The van der Waals surface area contributed by atoms with Crippen LogP contribution in [0.4, 0.5) is 0 Å². The number of imidazole rings is 1. The molecule has 0 aliphatic carbocycles. The highest BCUT2D eigenvalue weighted by molar-refractivity contribution is 5.61. The summed E-state index contributed by atoms with van der Waals surface area (Å²) in [4.78, 5) is 4.60. The Morgan fingerprint density at radius 3 is 2.04 bits per heavy atom. The van der Waals surface area contributed by atoms with Crippen LogP contribution in [-0.2, 0) is 6.42 Å². The zero-order chi connectivity index (χ0) is 17.9. The molecule has 1 heterocycles. The van der Waals surface area contributed by atoms with Gasteiger partial charge in [-0.1, -0.05) is 72.8 Å². The van der Waals surface area contributed by atoms with Crippen LogP contribution in [0.2, 0.25) is 0 Å². The van der Waals surface area contributed by atoms with E-state index in [0.717, 1.165) is 17.8 Å². The molecule has 0 atom stereocenters. The molecule has 0 aliphatic rings. The summed E-state index contributed by atoms with van der Waals surface area (Å²) in [5.41, 5.74) is 7.57. The fourth-order valence-electron chi connectivity index (χ4n) is 3.64. The molecule has 26 heavy (non-hydrogen) atoms. The monoisotopic (exact) mass is 338 g/mol. The zero-order valence-electron chi connectivity index (χ0n) is 15.2. The van der Waals surface area contributed by atoms with E-state index in [4.69, 9.17) is 0 Å². The summed E-state index contributed by atoms with van der Waals surface area (Å²) in [6.45, 7) is 4.37. The van der Waals surface area contributed by atoms with E-state index in [9.17, 15) is 0 Å². The lowest BCUT2D eigenvalue weighted by atomic mass is 9.98. The van der Waals surface area contributed by atoms with Crippen molar-refractivity contribution in [1.82, 2.24) is 9.55 Å². The topological polar surface area (TPSA) is 17.8 Å². The third-order valence-corrected chi connectivity index (χ3v) is 4.72. The maximum absolute atomic E-state index is 4.60. The fraction of sp³-hybridized carbons (Fsp3) is 0.125. The molecular formula is C24H22N2. The minimum atomic E-state index is 0.957. The number of nitrogens with zero attached hydrogens (tertiary/aromatic N) is 2. The van der Waals surface area contributed by atoms with Crippen molar-refractivity contribution in [3.8, 4) is 17.1 Å². The van der Waals surface area contributed by atoms with Gasteiger partial charge in [-0.15, -0.1) is 0 Å². The van der Waals surface area contributed by atoms with Crippen LogP contribution in [0.3, 0.4) is 0 Å². The Morgan fingerprint density at radius 1 is 0.769 bits per heavy atom. The molecule has 0 aliphatic heterocycles. The smallest absolute Gasteiger partial charge is 0.144 e. The summed E-state index contributed by atoms with van der Waals surface area (Å²) in [5.74, 6) is 0.979. The molecule has 128 valence electrons. The SMILES string of the molecule is Cc1cc(Cc2ccccc2)cc(C)c1-n1ccnc1-c1ccccc1. The Labute approximate surface area is 154 Å². The minimum Gasteiger partial charge on any atom is -0.299 e. The predicted octanol–water partition coefficient (Wildman–Crippen LogP) is 5.75. The summed E-state index contributed by atoms with van der Waals surface area (Å²) < 4.78 is 2.20. The average Bonchev–Trinajstić information content (AvgIpc) is 3.12. The van der Waals surface area contributed by atoms with Crippen LogP contribution < -0.4 is 0 Å². The molecule has 0 unspecified atom stereocenters. The van der Waals surface area contributed by atoms with Gasteiger partial charge in [-0.25, -0.2) is 4.98 Å². The molecule has 2 nitrogen and oxygen atoms in total. The number of benzene rings is 3. The van der Waals surface area contributed by atoms with E-state index in [1.54, 1.807) is 0 Å². The van der Waals surface area contributed by atoms with E-state index in [-0.39, 0.29) is 0 Å². The lowest BCUT2D eigenvalue weighted by Gasteiger charge is -2.16. The highest BCUT2D eigenvalue weighted by Gasteiger charge is 2.13. The van der Waals surface area contributed by atoms with Gasteiger partial charge in [-0.2, -0.15) is 0 Å². The summed E-state index contributed by atoms with van der Waals surface area (Å²) in [5, 5.41) is 0. The second-order valence-electron chi connectivity index (χ2n) is 6.73. The van der Waals surface area contributed by atoms with Crippen molar-refractivity contribution in [3.63, 3.8) is 0 Å². The van der Waals surface area contributed by atoms with Gasteiger partial charge in [-0.05, 0) is 42.5 Å². The van der Waals surface area contributed by atoms with E-state index in [1.807, 2.05) is 12.3 Å². The van der Waals surface area contributed by atoms with Gasteiger partial charge in [-0.3, -0.25) is 4.57 Å². The van der Waals surface area contributed by atoms with E-state index in [2.05, 4.69) is 96.3 Å². The van der Waals surface area contributed by atoms with E-state index < -0.39 is 0 Å². The van der Waals surface area contributed by atoms with Gasteiger partial charge in [0.2, 0.25) is 0 Å². The van der Waals surface area contributed by atoms with Crippen LogP contribution in [-0.4, -0.2) is 9.55 Å². The Bertz CT molecular complexity index is 992. The fourth-order valence-corrected chi connectivity index (χ4v) is 3.64. The van der Waals surface area contributed by atoms with Crippen LogP contribution in [0, 0.1) is 13.8 Å². The highest BCUT2D eigenvalue weighted by atomic mass is 15.1.